The third-order valence-corrected chi connectivity index (χ3v) is 4.84. The molecule has 8 heteroatoms. The minimum absolute atomic E-state index is 0.0947. The highest BCUT2D eigenvalue weighted by Gasteiger charge is 2.16. The Morgan fingerprint density at radius 2 is 2.29 bits per heavy atom. The molecule has 17 heavy (non-hydrogen) atoms. The van der Waals surface area contributed by atoms with Crippen LogP contribution in [0.2, 0.25) is 0 Å². The molecule has 6 nitrogen and oxygen atoms in total. The predicted molar refractivity (Wildman–Crippen MR) is 64.0 cm³/mol. The van der Waals surface area contributed by atoms with Gasteiger partial charge in [0.05, 0.1) is 12.2 Å². The Morgan fingerprint density at radius 1 is 1.53 bits per heavy atom. The summed E-state index contributed by atoms with van der Waals surface area (Å²) in [5.41, 5.74) is 6.45. The number of thiophene rings is 1. The molecule has 0 unspecified atom stereocenters. The first-order valence-corrected chi connectivity index (χ1v) is 7.09. The van der Waals surface area contributed by atoms with Gasteiger partial charge < -0.3 is 10.3 Å². The van der Waals surface area contributed by atoms with Gasteiger partial charge in [0.15, 0.2) is 0 Å². The van der Waals surface area contributed by atoms with E-state index >= 15 is 0 Å². The van der Waals surface area contributed by atoms with Crippen LogP contribution >= 0.6 is 11.3 Å². The van der Waals surface area contributed by atoms with Crippen LogP contribution in [0.15, 0.2) is 26.2 Å². The number of rotatable bonds is 4. The summed E-state index contributed by atoms with van der Waals surface area (Å²) in [4.78, 5) is 0. The molecule has 2 aromatic rings. The van der Waals surface area contributed by atoms with Crippen LogP contribution in [-0.4, -0.2) is 13.6 Å². The van der Waals surface area contributed by atoms with Gasteiger partial charge >= 0.3 is 0 Å². The van der Waals surface area contributed by atoms with Crippen LogP contribution in [0.4, 0.5) is 5.69 Å². The van der Waals surface area contributed by atoms with Crippen molar-refractivity contribution in [3.05, 3.63) is 29.0 Å². The molecule has 0 atom stereocenters. The fraction of sp³-hybridized carbons (Fsp3) is 0.222. The third-order valence-electron chi connectivity index (χ3n) is 1.98. The maximum absolute atomic E-state index is 11.8. The van der Waals surface area contributed by atoms with Crippen molar-refractivity contribution >= 4 is 27.0 Å². The second-order valence-electron chi connectivity index (χ2n) is 3.45. The Bertz CT molecular complexity index is 615. The van der Waals surface area contributed by atoms with E-state index in [0.717, 1.165) is 11.3 Å². The number of aromatic nitrogens is 1. The van der Waals surface area contributed by atoms with Crippen LogP contribution in [0.1, 0.15) is 11.5 Å². The molecule has 0 aliphatic rings. The molecule has 0 aliphatic carbocycles. The van der Waals surface area contributed by atoms with E-state index in [4.69, 9.17) is 10.3 Å². The molecule has 0 aliphatic heterocycles. The van der Waals surface area contributed by atoms with Crippen molar-refractivity contribution in [2.24, 2.45) is 0 Å². The first kappa shape index (κ1) is 12.1. The van der Waals surface area contributed by atoms with Crippen molar-refractivity contribution in [1.29, 1.82) is 0 Å². The summed E-state index contributed by atoms with van der Waals surface area (Å²) in [6.45, 7) is 1.84. The SMILES string of the molecule is Cc1cc(CNS(=O)(=O)c2cc(N)cs2)no1. The van der Waals surface area contributed by atoms with Crippen LogP contribution < -0.4 is 10.5 Å². The molecule has 0 amide bonds. The number of nitrogens with two attached hydrogens (primary N) is 1. The second kappa shape index (κ2) is 4.47. The van der Waals surface area contributed by atoms with Gasteiger partial charge in [0.2, 0.25) is 10.0 Å². The van der Waals surface area contributed by atoms with Gasteiger partial charge in [-0.05, 0) is 13.0 Å². The molecule has 0 radical (unpaired) electrons. The predicted octanol–water partition coefficient (Wildman–Crippen LogP) is 1.11. The number of aryl methyl sites for hydroxylation is 1. The van der Waals surface area contributed by atoms with Gasteiger partial charge in [0, 0.05) is 17.1 Å². The van der Waals surface area contributed by atoms with Gasteiger partial charge in [-0.1, -0.05) is 5.16 Å². The molecule has 0 fully saturated rings. The van der Waals surface area contributed by atoms with E-state index in [1.807, 2.05) is 0 Å². The number of nitrogens with one attached hydrogen (secondary N) is 1. The van der Waals surface area contributed by atoms with E-state index in [2.05, 4.69) is 9.88 Å². The first-order valence-electron chi connectivity index (χ1n) is 4.73. The molecule has 0 spiro atoms. The summed E-state index contributed by atoms with van der Waals surface area (Å²) in [6, 6.07) is 3.09. The van der Waals surface area contributed by atoms with E-state index in [9.17, 15) is 8.42 Å². The standard InChI is InChI=1S/C9H11N3O3S2/c1-6-2-8(12-15-6)4-11-17(13,14)9-3-7(10)5-16-9/h2-3,5,11H,4,10H2,1H3. The average molecular weight is 273 g/mol. The van der Waals surface area contributed by atoms with Gasteiger partial charge in [-0.15, -0.1) is 11.3 Å². The lowest BCUT2D eigenvalue weighted by Gasteiger charge is -2.01. The van der Waals surface area contributed by atoms with Gasteiger partial charge in [-0.3, -0.25) is 0 Å². The summed E-state index contributed by atoms with van der Waals surface area (Å²) in [5.74, 6) is 0.638. The molecule has 92 valence electrons. The third kappa shape index (κ3) is 2.84. The summed E-state index contributed by atoms with van der Waals surface area (Å²) in [5, 5.41) is 5.27. The van der Waals surface area contributed by atoms with Gasteiger partial charge in [0.1, 0.15) is 9.97 Å². The monoisotopic (exact) mass is 273 g/mol. The van der Waals surface area contributed by atoms with E-state index < -0.39 is 10.0 Å². The zero-order chi connectivity index (χ0) is 12.5. The van der Waals surface area contributed by atoms with Crippen molar-refractivity contribution in [1.82, 2.24) is 9.88 Å². The fourth-order valence-electron chi connectivity index (χ4n) is 1.21. The van der Waals surface area contributed by atoms with Gasteiger partial charge in [0.25, 0.3) is 0 Å². The average Bonchev–Trinajstić information content (AvgIpc) is 2.85. The van der Waals surface area contributed by atoms with Crippen LogP contribution in [-0.2, 0) is 16.6 Å². The fourth-order valence-corrected chi connectivity index (χ4v) is 3.34. The lowest BCUT2D eigenvalue weighted by atomic mass is 10.4. The van der Waals surface area contributed by atoms with Crippen LogP contribution in [0.3, 0.4) is 0 Å². The number of sulfonamides is 1. The number of hydrogen-bond acceptors (Lipinski definition) is 6. The van der Waals surface area contributed by atoms with E-state index in [1.54, 1.807) is 18.4 Å². The van der Waals surface area contributed by atoms with E-state index in [1.165, 1.54) is 6.07 Å². The first-order chi connectivity index (χ1) is 7.97. The van der Waals surface area contributed by atoms with E-state index in [0.29, 0.717) is 17.1 Å². The van der Waals surface area contributed by atoms with E-state index in [-0.39, 0.29) is 10.8 Å². The van der Waals surface area contributed by atoms with Crippen molar-refractivity contribution in [2.75, 3.05) is 5.73 Å². The molecule has 0 saturated heterocycles. The van der Waals surface area contributed by atoms with Gasteiger partial charge in [-0.25, -0.2) is 13.1 Å². The Kier molecular flexibility index (Phi) is 3.18. The van der Waals surface area contributed by atoms with Gasteiger partial charge in [-0.2, -0.15) is 0 Å². The molecule has 3 N–H and O–H groups in total. The lowest BCUT2D eigenvalue weighted by molar-refractivity contribution is 0.390. The smallest absolute Gasteiger partial charge is 0.250 e. The summed E-state index contributed by atoms with van der Waals surface area (Å²) < 4.78 is 31.1. The van der Waals surface area contributed by atoms with Crippen molar-refractivity contribution in [3.63, 3.8) is 0 Å². The highest BCUT2D eigenvalue weighted by Crippen LogP contribution is 2.21. The largest absolute Gasteiger partial charge is 0.398 e. The molecule has 2 rings (SSSR count). The zero-order valence-corrected chi connectivity index (χ0v) is 10.6. The minimum atomic E-state index is -3.52. The quantitative estimate of drug-likeness (QED) is 0.869. The van der Waals surface area contributed by atoms with Crippen molar-refractivity contribution in [3.8, 4) is 0 Å². The Morgan fingerprint density at radius 3 is 2.82 bits per heavy atom. The molecular weight excluding hydrogens is 262 g/mol. The Labute approximate surface area is 102 Å². The zero-order valence-electron chi connectivity index (χ0n) is 9.00. The number of nitrogen functional groups attached to an aromatic ring is 1. The van der Waals surface area contributed by atoms with Crippen molar-refractivity contribution < 1.29 is 12.9 Å². The number of nitrogens with zero attached hydrogens (tertiary/aromatic N) is 1. The highest BCUT2D eigenvalue weighted by molar-refractivity contribution is 7.91. The number of anilines is 1. The molecule has 2 aromatic heterocycles. The molecule has 2 heterocycles. The maximum atomic E-state index is 11.8. The van der Waals surface area contributed by atoms with Crippen molar-refractivity contribution in [2.45, 2.75) is 17.7 Å². The minimum Gasteiger partial charge on any atom is -0.398 e. The lowest BCUT2D eigenvalue weighted by Crippen LogP contribution is -2.22. The topological polar surface area (TPSA) is 98.2 Å². The Balaban J connectivity index is 2.08. The van der Waals surface area contributed by atoms with Crippen LogP contribution in [0, 0.1) is 6.92 Å². The Hall–Kier alpha value is -1.38. The number of hydrogen-bond donors (Lipinski definition) is 2. The summed E-state index contributed by atoms with van der Waals surface area (Å²) in [7, 11) is -3.52. The molecule has 0 saturated carbocycles. The molecule has 0 bridgehead atoms. The second-order valence-corrected chi connectivity index (χ2v) is 6.36. The van der Waals surface area contributed by atoms with Crippen LogP contribution in [0.25, 0.3) is 0 Å². The summed E-state index contributed by atoms with van der Waals surface area (Å²) in [6.07, 6.45) is 0. The highest BCUT2D eigenvalue weighted by atomic mass is 32.2. The summed E-state index contributed by atoms with van der Waals surface area (Å²) >= 11 is 1.08. The normalized spacial score (nSPS) is 11.8. The van der Waals surface area contributed by atoms with Crippen LogP contribution in [0.5, 0.6) is 0 Å². The molecule has 0 aromatic carbocycles. The molecular formula is C9H11N3O3S2. The maximum Gasteiger partial charge on any atom is 0.250 e.